The van der Waals surface area contributed by atoms with Crippen molar-refractivity contribution in [2.24, 2.45) is 23.2 Å². The Kier molecular flexibility index (Phi) is 3.95. The standard InChI is InChI=1S/C22H26O5/c1-13(20(23)22-9-14-6-15(10-22)8-16(7-14)11-22)26-21(24)19-12-25-17-4-2-3-5-18(17)27-19/h2-5,13-16,19H,6-12H2,1H3/t13-,14?,15?,16?,19-,22?/m1/s1. The zero-order valence-corrected chi connectivity index (χ0v) is 15.7. The van der Waals surface area contributed by atoms with Crippen LogP contribution in [-0.4, -0.2) is 30.6 Å². The van der Waals surface area contributed by atoms with Gasteiger partial charge >= 0.3 is 5.97 Å². The first-order valence-electron chi connectivity index (χ1n) is 10.2. The van der Waals surface area contributed by atoms with Crippen LogP contribution < -0.4 is 9.47 Å². The smallest absolute Gasteiger partial charge is 0.351 e. The number of ketones is 1. The van der Waals surface area contributed by atoms with E-state index in [2.05, 4.69) is 0 Å². The Hall–Kier alpha value is -2.04. The molecule has 4 fully saturated rings. The van der Waals surface area contributed by atoms with Crippen molar-refractivity contribution in [3.05, 3.63) is 24.3 Å². The lowest BCUT2D eigenvalue weighted by atomic mass is 9.48. The highest BCUT2D eigenvalue weighted by molar-refractivity contribution is 5.91. The SMILES string of the molecule is C[C@@H](OC(=O)[C@H]1COc2ccccc2O1)C(=O)C12CC3CC(CC(C3)C1)C2. The maximum atomic E-state index is 13.3. The van der Waals surface area contributed by atoms with E-state index in [-0.39, 0.29) is 17.8 Å². The van der Waals surface area contributed by atoms with Crippen LogP contribution in [0.1, 0.15) is 45.4 Å². The molecular formula is C22H26O5. The van der Waals surface area contributed by atoms with Crippen molar-refractivity contribution in [1.82, 2.24) is 0 Å². The van der Waals surface area contributed by atoms with Crippen molar-refractivity contribution in [3.63, 3.8) is 0 Å². The molecule has 0 amide bonds. The van der Waals surface area contributed by atoms with Gasteiger partial charge in [-0.1, -0.05) is 12.1 Å². The van der Waals surface area contributed by atoms with Crippen molar-refractivity contribution < 1.29 is 23.8 Å². The minimum absolute atomic E-state index is 0.105. The number of hydrogen-bond donors (Lipinski definition) is 0. The number of benzene rings is 1. The molecule has 5 heteroatoms. The molecule has 2 atom stereocenters. The summed E-state index contributed by atoms with van der Waals surface area (Å²) in [6.07, 6.45) is 5.25. The molecule has 0 N–H and O–H groups in total. The number of rotatable bonds is 4. The van der Waals surface area contributed by atoms with Gasteiger partial charge in [-0.3, -0.25) is 4.79 Å². The average molecular weight is 370 g/mol. The monoisotopic (exact) mass is 370 g/mol. The molecular weight excluding hydrogens is 344 g/mol. The van der Waals surface area contributed by atoms with Crippen LogP contribution >= 0.6 is 0 Å². The molecule has 0 radical (unpaired) electrons. The minimum atomic E-state index is -0.827. The van der Waals surface area contributed by atoms with E-state index in [4.69, 9.17) is 14.2 Å². The Balaban J connectivity index is 1.25. The van der Waals surface area contributed by atoms with Crippen molar-refractivity contribution in [2.45, 2.75) is 57.7 Å². The van der Waals surface area contributed by atoms with Crippen LogP contribution in [0.5, 0.6) is 11.5 Å². The Morgan fingerprint density at radius 3 is 2.26 bits per heavy atom. The molecule has 27 heavy (non-hydrogen) atoms. The van der Waals surface area contributed by atoms with Gasteiger partial charge in [-0.2, -0.15) is 0 Å². The van der Waals surface area contributed by atoms with Gasteiger partial charge in [-0.05, 0) is 75.3 Å². The lowest BCUT2D eigenvalue weighted by molar-refractivity contribution is -0.170. The van der Waals surface area contributed by atoms with Crippen LogP contribution in [0.15, 0.2) is 24.3 Å². The van der Waals surface area contributed by atoms with E-state index in [1.165, 1.54) is 19.3 Å². The third-order valence-corrected chi connectivity index (χ3v) is 6.99. The average Bonchev–Trinajstić information content (AvgIpc) is 2.65. The predicted molar refractivity (Wildman–Crippen MR) is 97.5 cm³/mol. The lowest BCUT2D eigenvalue weighted by Crippen LogP contribution is -2.53. The molecule has 0 unspecified atom stereocenters. The second-order valence-corrected chi connectivity index (χ2v) is 9.01. The quantitative estimate of drug-likeness (QED) is 0.759. The summed E-state index contributed by atoms with van der Waals surface area (Å²) in [5.74, 6) is 2.83. The first-order chi connectivity index (χ1) is 13.0. The van der Waals surface area contributed by atoms with E-state index >= 15 is 0 Å². The first kappa shape index (κ1) is 17.1. The van der Waals surface area contributed by atoms with Crippen LogP contribution in [0, 0.1) is 23.2 Å². The predicted octanol–water partition coefficient (Wildman–Crippen LogP) is 3.54. The second-order valence-electron chi connectivity index (χ2n) is 9.01. The van der Waals surface area contributed by atoms with Gasteiger partial charge in [0.2, 0.25) is 6.10 Å². The van der Waals surface area contributed by atoms with Crippen molar-refractivity contribution in [2.75, 3.05) is 6.61 Å². The highest BCUT2D eigenvalue weighted by Gasteiger charge is 2.55. The molecule has 1 aromatic carbocycles. The van der Waals surface area contributed by atoms with Gasteiger partial charge in [0.25, 0.3) is 0 Å². The molecule has 4 aliphatic carbocycles. The lowest BCUT2D eigenvalue weighted by Gasteiger charge is -2.56. The van der Waals surface area contributed by atoms with Gasteiger partial charge in [0, 0.05) is 5.41 Å². The molecule has 0 spiro atoms. The molecule has 0 aromatic heterocycles. The number of fused-ring (bicyclic) bond motifs is 1. The van der Waals surface area contributed by atoms with E-state index in [9.17, 15) is 9.59 Å². The first-order valence-corrected chi connectivity index (χ1v) is 10.2. The second kappa shape index (κ2) is 6.25. The molecule has 4 bridgehead atoms. The van der Waals surface area contributed by atoms with E-state index in [0.717, 1.165) is 19.3 Å². The van der Waals surface area contributed by atoms with Gasteiger partial charge in [0.1, 0.15) is 6.61 Å². The summed E-state index contributed by atoms with van der Waals surface area (Å²) in [4.78, 5) is 25.8. The molecule has 1 heterocycles. The molecule has 5 aliphatic rings. The number of para-hydroxylation sites is 2. The summed E-state index contributed by atoms with van der Waals surface area (Å²) in [7, 11) is 0. The fraction of sp³-hybridized carbons (Fsp3) is 0.636. The highest BCUT2D eigenvalue weighted by Crippen LogP contribution is 2.60. The van der Waals surface area contributed by atoms with Crippen molar-refractivity contribution in [1.29, 1.82) is 0 Å². The van der Waals surface area contributed by atoms with Crippen molar-refractivity contribution >= 4 is 11.8 Å². The van der Waals surface area contributed by atoms with Gasteiger partial charge < -0.3 is 14.2 Å². The number of ether oxygens (including phenoxy) is 3. The summed E-state index contributed by atoms with van der Waals surface area (Å²) in [5.41, 5.74) is -0.259. The van der Waals surface area contributed by atoms with Crippen LogP contribution in [0.4, 0.5) is 0 Å². The highest BCUT2D eigenvalue weighted by atomic mass is 16.6. The van der Waals surface area contributed by atoms with Crippen LogP contribution in [0.25, 0.3) is 0 Å². The van der Waals surface area contributed by atoms with Crippen LogP contribution in [-0.2, 0) is 14.3 Å². The van der Waals surface area contributed by atoms with E-state index < -0.39 is 18.2 Å². The van der Waals surface area contributed by atoms with E-state index in [1.807, 2.05) is 12.1 Å². The Bertz CT molecular complexity index is 734. The zero-order chi connectivity index (χ0) is 18.6. The topological polar surface area (TPSA) is 61.8 Å². The number of carbonyl (C=O) groups is 2. The summed E-state index contributed by atoms with van der Waals surface area (Å²) < 4.78 is 16.9. The van der Waals surface area contributed by atoms with Crippen LogP contribution in [0.2, 0.25) is 0 Å². The van der Waals surface area contributed by atoms with Gasteiger partial charge in [0.15, 0.2) is 23.4 Å². The normalized spacial score (nSPS) is 36.9. The van der Waals surface area contributed by atoms with E-state index in [0.29, 0.717) is 29.3 Å². The maximum Gasteiger partial charge on any atom is 0.351 e. The van der Waals surface area contributed by atoms with Gasteiger partial charge in [-0.15, -0.1) is 0 Å². The Labute approximate surface area is 159 Å². The fourth-order valence-electron chi connectivity index (χ4n) is 6.28. The largest absolute Gasteiger partial charge is 0.485 e. The Morgan fingerprint density at radius 2 is 1.63 bits per heavy atom. The molecule has 144 valence electrons. The molecule has 6 rings (SSSR count). The summed E-state index contributed by atoms with van der Waals surface area (Å²) >= 11 is 0. The maximum absolute atomic E-state index is 13.3. The summed E-state index contributed by atoms with van der Waals surface area (Å²) in [6, 6.07) is 7.25. The summed E-state index contributed by atoms with van der Waals surface area (Å²) in [5, 5.41) is 0. The third kappa shape index (κ3) is 2.91. The minimum Gasteiger partial charge on any atom is -0.485 e. The summed E-state index contributed by atoms with van der Waals surface area (Å²) in [6.45, 7) is 1.82. The molecule has 1 aromatic rings. The van der Waals surface area contributed by atoms with Crippen molar-refractivity contribution in [3.8, 4) is 11.5 Å². The van der Waals surface area contributed by atoms with E-state index in [1.54, 1.807) is 19.1 Å². The molecule has 4 saturated carbocycles. The number of esters is 1. The van der Waals surface area contributed by atoms with Gasteiger partial charge in [-0.25, -0.2) is 4.79 Å². The zero-order valence-electron chi connectivity index (χ0n) is 15.7. The number of Topliss-reactive ketones (excluding diaryl/α,β-unsaturated/α-hetero) is 1. The van der Waals surface area contributed by atoms with Crippen LogP contribution in [0.3, 0.4) is 0 Å². The fourth-order valence-corrected chi connectivity index (χ4v) is 6.28. The number of hydrogen-bond acceptors (Lipinski definition) is 5. The molecule has 1 aliphatic heterocycles. The Morgan fingerprint density at radius 1 is 1.04 bits per heavy atom. The van der Waals surface area contributed by atoms with Gasteiger partial charge in [0.05, 0.1) is 0 Å². The molecule has 0 saturated heterocycles. The third-order valence-electron chi connectivity index (χ3n) is 6.99. The number of carbonyl (C=O) groups excluding carboxylic acids is 2. The molecule has 5 nitrogen and oxygen atoms in total.